The van der Waals surface area contributed by atoms with Crippen molar-refractivity contribution in [3.8, 4) is 0 Å². The van der Waals surface area contributed by atoms with Crippen LogP contribution < -0.4 is 0 Å². The molecule has 18 heavy (non-hydrogen) atoms. The molecule has 0 saturated heterocycles. The topological polar surface area (TPSA) is 52.6 Å². The fourth-order valence-corrected chi connectivity index (χ4v) is 2.94. The first-order chi connectivity index (χ1) is 8.55. The first-order valence-corrected chi connectivity index (χ1v) is 6.57. The predicted molar refractivity (Wildman–Crippen MR) is 65.7 cm³/mol. The minimum absolute atomic E-state index is 0.278. The Morgan fingerprint density at radius 1 is 1.28 bits per heavy atom. The second kappa shape index (κ2) is 4.75. The molecule has 2 unspecified atom stereocenters. The van der Waals surface area contributed by atoms with Crippen LogP contribution in [-0.2, 0) is 19.1 Å². The number of hydrogen-bond acceptors (Lipinski definition) is 4. The molecule has 0 aliphatic heterocycles. The quantitative estimate of drug-likeness (QED) is 0.437. The van der Waals surface area contributed by atoms with Gasteiger partial charge >= 0.3 is 11.9 Å². The molecule has 2 rings (SSSR count). The van der Waals surface area contributed by atoms with Gasteiger partial charge in [0, 0.05) is 0 Å². The van der Waals surface area contributed by atoms with Crippen LogP contribution in [0.25, 0.3) is 0 Å². The molecule has 4 nitrogen and oxygen atoms in total. The van der Waals surface area contributed by atoms with Gasteiger partial charge in [-0.3, -0.25) is 9.59 Å². The van der Waals surface area contributed by atoms with Crippen LogP contribution >= 0.6 is 0 Å². The Kier molecular flexibility index (Phi) is 3.46. The molecular formula is C14H20O4. The van der Waals surface area contributed by atoms with Crippen LogP contribution in [-0.4, -0.2) is 25.2 Å². The first kappa shape index (κ1) is 13.1. The monoisotopic (exact) mass is 252 g/mol. The number of carbonyl (C=O) groups is 2. The highest BCUT2D eigenvalue weighted by Crippen LogP contribution is 2.58. The Balaban J connectivity index is 2.24. The van der Waals surface area contributed by atoms with Crippen LogP contribution in [0.3, 0.4) is 0 Å². The van der Waals surface area contributed by atoms with Gasteiger partial charge in [-0.2, -0.15) is 0 Å². The number of rotatable bonds is 4. The molecule has 0 heterocycles. The van der Waals surface area contributed by atoms with Crippen LogP contribution in [0.5, 0.6) is 0 Å². The molecule has 2 aliphatic carbocycles. The molecule has 2 fully saturated rings. The molecule has 0 aromatic rings. The van der Waals surface area contributed by atoms with Crippen LogP contribution in [0.2, 0.25) is 0 Å². The third-order valence-electron chi connectivity index (χ3n) is 3.92. The number of fused-ring (bicyclic) bond motifs is 1. The van der Waals surface area contributed by atoms with E-state index in [1.165, 1.54) is 0 Å². The van der Waals surface area contributed by atoms with Crippen molar-refractivity contribution in [1.82, 2.24) is 0 Å². The third kappa shape index (κ3) is 2.04. The van der Waals surface area contributed by atoms with Gasteiger partial charge < -0.3 is 9.47 Å². The maximum Gasteiger partial charge on any atom is 0.323 e. The molecule has 2 atom stereocenters. The van der Waals surface area contributed by atoms with E-state index in [9.17, 15) is 9.59 Å². The summed E-state index contributed by atoms with van der Waals surface area (Å²) in [6, 6.07) is 0. The van der Waals surface area contributed by atoms with Gasteiger partial charge in [0.1, 0.15) is 0 Å². The minimum Gasteiger partial charge on any atom is -0.465 e. The van der Waals surface area contributed by atoms with Crippen molar-refractivity contribution in [2.24, 2.45) is 17.3 Å². The second-order valence-electron chi connectivity index (χ2n) is 5.16. The predicted octanol–water partition coefficient (Wildman–Crippen LogP) is 2.09. The van der Waals surface area contributed by atoms with E-state index in [0.29, 0.717) is 24.7 Å². The van der Waals surface area contributed by atoms with Gasteiger partial charge in [-0.05, 0) is 44.9 Å². The molecule has 0 N–H and O–H groups in total. The average molecular weight is 252 g/mol. The summed E-state index contributed by atoms with van der Waals surface area (Å²) in [6.07, 6.45) is 1.97. The molecule has 0 aromatic carbocycles. The van der Waals surface area contributed by atoms with Gasteiger partial charge in [0.15, 0.2) is 5.41 Å². The highest BCUT2D eigenvalue weighted by Gasteiger charge is 2.59. The molecule has 0 radical (unpaired) electrons. The van der Waals surface area contributed by atoms with E-state index in [4.69, 9.17) is 9.47 Å². The zero-order valence-electron chi connectivity index (χ0n) is 11.0. The molecule has 0 amide bonds. The Morgan fingerprint density at radius 3 is 2.28 bits per heavy atom. The van der Waals surface area contributed by atoms with E-state index < -0.39 is 17.4 Å². The SMILES string of the molecule is C=C1CC(C(=O)OCC)(C(=O)OCC)CC2CC12. The van der Waals surface area contributed by atoms with E-state index in [-0.39, 0.29) is 13.2 Å². The van der Waals surface area contributed by atoms with E-state index in [1.807, 2.05) is 0 Å². The van der Waals surface area contributed by atoms with Crippen molar-refractivity contribution in [2.75, 3.05) is 13.2 Å². The van der Waals surface area contributed by atoms with Crippen LogP contribution in [0.4, 0.5) is 0 Å². The number of allylic oxidation sites excluding steroid dienone is 1. The molecule has 4 heteroatoms. The van der Waals surface area contributed by atoms with Gasteiger partial charge in [-0.25, -0.2) is 0 Å². The van der Waals surface area contributed by atoms with Crippen LogP contribution in [0.15, 0.2) is 12.2 Å². The van der Waals surface area contributed by atoms with E-state index in [1.54, 1.807) is 13.8 Å². The van der Waals surface area contributed by atoms with Crippen molar-refractivity contribution in [3.05, 3.63) is 12.2 Å². The highest BCUT2D eigenvalue weighted by molar-refractivity contribution is 6.00. The maximum absolute atomic E-state index is 12.2. The number of ether oxygens (including phenoxy) is 2. The van der Waals surface area contributed by atoms with Crippen molar-refractivity contribution in [2.45, 2.75) is 33.1 Å². The van der Waals surface area contributed by atoms with Crippen molar-refractivity contribution in [3.63, 3.8) is 0 Å². The fraction of sp³-hybridized carbons (Fsp3) is 0.714. The first-order valence-electron chi connectivity index (χ1n) is 6.57. The van der Waals surface area contributed by atoms with Gasteiger partial charge in [0.05, 0.1) is 13.2 Å². The number of hydrogen-bond donors (Lipinski definition) is 0. The molecule has 2 aliphatic rings. The summed E-state index contributed by atoms with van der Waals surface area (Å²) >= 11 is 0. The number of carbonyl (C=O) groups excluding carboxylic acids is 2. The lowest BCUT2D eigenvalue weighted by atomic mass is 9.72. The molecule has 0 bridgehead atoms. The Morgan fingerprint density at radius 2 is 1.83 bits per heavy atom. The number of esters is 2. The van der Waals surface area contributed by atoms with Crippen LogP contribution in [0.1, 0.15) is 33.1 Å². The van der Waals surface area contributed by atoms with Gasteiger partial charge in [0.2, 0.25) is 0 Å². The average Bonchev–Trinajstić information content (AvgIpc) is 3.09. The van der Waals surface area contributed by atoms with Gasteiger partial charge in [-0.15, -0.1) is 0 Å². The summed E-state index contributed by atoms with van der Waals surface area (Å²) < 4.78 is 10.2. The summed E-state index contributed by atoms with van der Waals surface area (Å²) in [5, 5.41) is 0. The molecule has 2 saturated carbocycles. The molecule has 0 aromatic heterocycles. The molecular weight excluding hydrogens is 232 g/mol. The fourth-order valence-electron chi connectivity index (χ4n) is 2.94. The minimum atomic E-state index is -1.14. The van der Waals surface area contributed by atoms with E-state index in [0.717, 1.165) is 12.0 Å². The summed E-state index contributed by atoms with van der Waals surface area (Å²) in [4.78, 5) is 24.4. The van der Waals surface area contributed by atoms with Gasteiger partial charge in [-0.1, -0.05) is 12.2 Å². The zero-order valence-corrected chi connectivity index (χ0v) is 11.0. The zero-order chi connectivity index (χ0) is 13.3. The smallest absolute Gasteiger partial charge is 0.323 e. The van der Waals surface area contributed by atoms with E-state index >= 15 is 0 Å². The third-order valence-corrected chi connectivity index (χ3v) is 3.92. The lowest BCUT2D eigenvalue weighted by molar-refractivity contribution is -0.173. The second-order valence-corrected chi connectivity index (χ2v) is 5.16. The summed E-state index contributed by atoms with van der Waals surface area (Å²) in [7, 11) is 0. The maximum atomic E-state index is 12.2. The van der Waals surface area contributed by atoms with Crippen molar-refractivity contribution in [1.29, 1.82) is 0 Å². The Labute approximate surface area is 107 Å². The summed E-state index contributed by atoms with van der Waals surface area (Å²) in [5.41, 5.74) is -0.145. The molecule has 100 valence electrons. The Hall–Kier alpha value is -1.32. The molecule has 0 spiro atoms. The highest BCUT2D eigenvalue weighted by atomic mass is 16.6. The standard InChI is InChI=1S/C14H20O4/c1-4-17-12(15)14(13(16)18-5-2)7-9(3)11-6-10(11)8-14/h10-11H,3-8H2,1-2H3. The lowest BCUT2D eigenvalue weighted by Crippen LogP contribution is -2.44. The van der Waals surface area contributed by atoms with Crippen molar-refractivity contribution < 1.29 is 19.1 Å². The van der Waals surface area contributed by atoms with Crippen molar-refractivity contribution >= 4 is 11.9 Å². The lowest BCUT2D eigenvalue weighted by Gasteiger charge is -2.33. The largest absolute Gasteiger partial charge is 0.465 e. The summed E-state index contributed by atoms with van der Waals surface area (Å²) in [5.74, 6) is 0.00643. The Bertz CT molecular complexity index is 367. The summed E-state index contributed by atoms with van der Waals surface area (Å²) in [6.45, 7) is 8.05. The van der Waals surface area contributed by atoms with Crippen LogP contribution in [0, 0.1) is 17.3 Å². The van der Waals surface area contributed by atoms with E-state index in [2.05, 4.69) is 6.58 Å². The van der Waals surface area contributed by atoms with Gasteiger partial charge in [0.25, 0.3) is 0 Å². The normalized spacial score (nSPS) is 28.2.